The molecule has 0 saturated heterocycles. The summed E-state index contributed by atoms with van der Waals surface area (Å²) >= 11 is 12.5. The number of sulfonamides is 1. The molecule has 0 unspecified atom stereocenters. The van der Waals surface area contributed by atoms with Gasteiger partial charge in [0.15, 0.2) is 0 Å². The lowest BCUT2D eigenvalue weighted by molar-refractivity contribution is -0.385. The number of benzene rings is 4. The van der Waals surface area contributed by atoms with Crippen molar-refractivity contribution in [3.05, 3.63) is 128 Å². The summed E-state index contributed by atoms with van der Waals surface area (Å²) < 4.78 is 35.1. The fourth-order valence-electron chi connectivity index (χ4n) is 5.15. The van der Waals surface area contributed by atoms with Crippen molar-refractivity contribution in [1.82, 2.24) is 10.2 Å². The van der Waals surface area contributed by atoms with E-state index in [9.17, 15) is 28.1 Å². The number of anilines is 1. The van der Waals surface area contributed by atoms with E-state index in [1.165, 1.54) is 49.3 Å². The number of halogens is 2. The van der Waals surface area contributed by atoms with Crippen LogP contribution in [0.5, 0.6) is 5.75 Å². The van der Waals surface area contributed by atoms with Crippen LogP contribution >= 0.6 is 23.2 Å². The number of nitro benzene ring substituents is 1. The van der Waals surface area contributed by atoms with E-state index in [0.29, 0.717) is 23.6 Å². The van der Waals surface area contributed by atoms with Crippen LogP contribution in [0.1, 0.15) is 30.0 Å². The van der Waals surface area contributed by atoms with E-state index in [2.05, 4.69) is 5.32 Å². The molecule has 0 saturated carbocycles. The molecule has 1 N–H and O–H groups in total. The topological polar surface area (TPSA) is 139 Å². The minimum atomic E-state index is -4.68. The van der Waals surface area contributed by atoms with Crippen LogP contribution in [0.25, 0.3) is 0 Å². The zero-order valence-corrected chi connectivity index (χ0v) is 29.5. The van der Waals surface area contributed by atoms with Gasteiger partial charge in [-0.05, 0) is 60.9 Å². The van der Waals surface area contributed by atoms with Gasteiger partial charge in [-0.15, -0.1) is 0 Å². The van der Waals surface area contributed by atoms with Gasteiger partial charge >= 0.3 is 0 Å². The molecule has 14 heteroatoms. The second-order valence-corrected chi connectivity index (χ2v) is 13.9. The van der Waals surface area contributed by atoms with Crippen LogP contribution in [-0.4, -0.2) is 56.3 Å². The molecule has 258 valence electrons. The zero-order valence-electron chi connectivity index (χ0n) is 27.1. The van der Waals surface area contributed by atoms with Crippen LogP contribution < -0.4 is 14.4 Å². The largest absolute Gasteiger partial charge is 0.495 e. The van der Waals surface area contributed by atoms with Crippen molar-refractivity contribution in [3.63, 3.8) is 0 Å². The van der Waals surface area contributed by atoms with Crippen molar-refractivity contribution >= 4 is 56.4 Å². The standard InChI is InChI=1S/C35H36Cl2N4O7S/c1-4-18-38-35(43)32(19-25-8-6-5-7-9-25)39(22-26-11-13-27(36)14-12-26)34(42)23-40(31-20-28(37)15-17-33(31)48-3)49(46,47)29-16-10-24(2)30(21-29)41(44)45/h5-17,20-21,32H,4,18-19,22-23H2,1-3H3,(H,38,43)/t32-/m0/s1. The Kier molecular flexibility index (Phi) is 12.6. The van der Waals surface area contributed by atoms with E-state index >= 15 is 0 Å². The normalized spacial score (nSPS) is 11.8. The summed E-state index contributed by atoms with van der Waals surface area (Å²) in [6.07, 6.45) is 0.783. The average molecular weight is 728 g/mol. The van der Waals surface area contributed by atoms with Gasteiger partial charge in [0.05, 0.1) is 22.6 Å². The maximum Gasteiger partial charge on any atom is 0.273 e. The summed E-state index contributed by atoms with van der Waals surface area (Å²) in [5.41, 5.74) is 1.19. The van der Waals surface area contributed by atoms with Gasteiger partial charge in [-0.1, -0.05) is 78.7 Å². The number of hydrogen-bond donors (Lipinski definition) is 1. The molecular weight excluding hydrogens is 691 g/mol. The molecule has 0 radical (unpaired) electrons. The third-order valence-electron chi connectivity index (χ3n) is 7.74. The Balaban J connectivity index is 1.88. The maximum absolute atomic E-state index is 14.6. The van der Waals surface area contributed by atoms with Crippen LogP contribution in [0.4, 0.5) is 11.4 Å². The summed E-state index contributed by atoms with van der Waals surface area (Å²) in [7, 11) is -3.35. The number of aryl methyl sites for hydroxylation is 1. The lowest BCUT2D eigenvalue weighted by Gasteiger charge is -2.34. The molecule has 0 fully saturated rings. The Morgan fingerprint density at radius 2 is 1.61 bits per heavy atom. The van der Waals surface area contributed by atoms with E-state index in [-0.39, 0.29) is 35.0 Å². The number of ether oxygens (including phenoxy) is 1. The molecule has 0 spiro atoms. The van der Waals surface area contributed by atoms with E-state index in [1.807, 2.05) is 37.3 Å². The van der Waals surface area contributed by atoms with Crippen molar-refractivity contribution in [2.24, 2.45) is 0 Å². The number of amides is 2. The molecule has 0 heterocycles. The molecule has 11 nitrogen and oxygen atoms in total. The zero-order chi connectivity index (χ0) is 35.7. The first-order valence-electron chi connectivity index (χ1n) is 15.3. The van der Waals surface area contributed by atoms with E-state index in [4.69, 9.17) is 27.9 Å². The second kappa shape index (κ2) is 16.6. The molecule has 4 aromatic carbocycles. The number of nitrogens with zero attached hydrogens (tertiary/aromatic N) is 3. The number of rotatable bonds is 15. The van der Waals surface area contributed by atoms with Crippen molar-refractivity contribution in [1.29, 1.82) is 0 Å². The summed E-state index contributed by atoms with van der Waals surface area (Å²) in [4.78, 5) is 40.4. The number of carbonyl (C=O) groups excluding carboxylic acids is 2. The highest BCUT2D eigenvalue weighted by Crippen LogP contribution is 2.36. The molecule has 0 aliphatic rings. The molecule has 4 rings (SSSR count). The highest BCUT2D eigenvalue weighted by molar-refractivity contribution is 7.92. The molecule has 4 aromatic rings. The molecular formula is C35H36Cl2N4O7S. The van der Waals surface area contributed by atoms with Crippen molar-refractivity contribution in [3.8, 4) is 5.75 Å². The summed E-state index contributed by atoms with van der Waals surface area (Å²) in [5, 5.41) is 15.3. The molecule has 0 aliphatic heterocycles. The molecule has 0 aromatic heterocycles. The van der Waals surface area contributed by atoms with Crippen molar-refractivity contribution < 1.29 is 27.7 Å². The first-order chi connectivity index (χ1) is 23.3. The van der Waals surface area contributed by atoms with Gasteiger partial charge in [-0.3, -0.25) is 24.0 Å². The Morgan fingerprint density at radius 3 is 2.24 bits per heavy atom. The van der Waals surface area contributed by atoms with Crippen LogP contribution in [0.2, 0.25) is 10.0 Å². The predicted molar refractivity (Wildman–Crippen MR) is 190 cm³/mol. The SMILES string of the molecule is CCCNC(=O)[C@H](Cc1ccccc1)N(Cc1ccc(Cl)cc1)C(=O)CN(c1cc(Cl)ccc1OC)S(=O)(=O)c1ccc(C)c([N+](=O)[O-])c1. The maximum atomic E-state index is 14.6. The highest BCUT2D eigenvalue weighted by Gasteiger charge is 2.36. The number of carbonyl (C=O) groups is 2. The fourth-order valence-corrected chi connectivity index (χ4v) is 6.88. The van der Waals surface area contributed by atoms with E-state index < -0.39 is 49.9 Å². The highest BCUT2D eigenvalue weighted by atomic mass is 35.5. The average Bonchev–Trinajstić information content (AvgIpc) is 3.08. The molecule has 2 amide bonds. The minimum Gasteiger partial charge on any atom is -0.495 e. The monoisotopic (exact) mass is 726 g/mol. The molecule has 49 heavy (non-hydrogen) atoms. The van der Waals surface area contributed by atoms with Crippen LogP contribution in [-0.2, 0) is 32.6 Å². The van der Waals surface area contributed by atoms with Gasteiger partial charge in [0.2, 0.25) is 11.8 Å². The Labute approximate surface area is 295 Å². The fraction of sp³-hybridized carbons (Fsp3) is 0.257. The Morgan fingerprint density at radius 1 is 0.939 bits per heavy atom. The predicted octanol–water partition coefficient (Wildman–Crippen LogP) is 6.58. The third kappa shape index (κ3) is 9.28. The van der Waals surface area contributed by atoms with Crippen LogP contribution in [0.15, 0.2) is 95.9 Å². The summed E-state index contributed by atoms with van der Waals surface area (Å²) in [6, 6.07) is 22.6. The number of nitro groups is 1. The summed E-state index contributed by atoms with van der Waals surface area (Å²) in [6.45, 7) is 2.88. The molecule has 0 aliphatic carbocycles. The lowest BCUT2D eigenvalue weighted by Crippen LogP contribution is -2.53. The minimum absolute atomic E-state index is 0.0659. The number of hydrogen-bond acceptors (Lipinski definition) is 7. The van der Waals surface area contributed by atoms with Gasteiger partial charge < -0.3 is 15.0 Å². The number of nitrogens with one attached hydrogen (secondary N) is 1. The first-order valence-corrected chi connectivity index (χ1v) is 17.5. The van der Waals surface area contributed by atoms with Crippen LogP contribution in [0.3, 0.4) is 0 Å². The van der Waals surface area contributed by atoms with Crippen molar-refractivity contribution in [2.75, 3.05) is 24.5 Å². The third-order valence-corrected chi connectivity index (χ3v) is 9.98. The Bertz CT molecular complexity index is 1910. The van der Waals surface area contributed by atoms with Crippen LogP contribution in [0, 0.1) is 17.0 Å². The molecule has 1 atom stereocenters. The van der Waals surface area contributed by atoms with Gasteiger partial charge in [0, 0.05) is 41.2 Å². The first kappa shape index (κ1) is 37.2. The molecule has 0 bridgehead atoms. The Hall–Kier alpha value is -4.65. The smallest absolute Gasteiger partial charge is 0.273 e. The number of methoxy groups -OCH3 is 1. The van der Waals surface area contributed by atoms with Gasteiger partial charge in [0.1, 0.15) is 18.3 Å². The second-order valence-electron chi connectivity index (χ2n) is 11.2. The summed E-state index contributed by atoms with van der Waals surface area (Å²) in [5.74, 6) is -1.07. The van der Waals surface area contributed by atoms with Crippen molar-refractivity contribution in [2.45, 2.75) is 44.2 Å². The van der Waals surface area contributed by atoms with Gasteiger partial charge in [0.25, 0.3) is 15.7 Å². The van der Waals surface area contributed by atoms with Gasteiger partial charge in [-0.2, -0.15) is 0 Å². The van der Waals surface area contributed by atoms with E-state index in [1.54, 1.807) is 24.3 Å². The van der Waals surface area contributed by atoms with Gasteiger partial charge in [-0.25, -0.2) is 8.42 Å². The van der Waals surface area contributed by atoms with E-state index in [0.717, 1.165) is 15.9 Å². The lowest BCUT2D eigenvalue weighted by atomic mass is 10.0. The quantitative estimate of drug-likeness (QED) is 0.108.